The van der Waals surface area contributed by atoms with Crippen LogP contribution in [0.25, 0.3) is 0 Å². The highest BCUT2D eigenvalue weighted by molar-refractivity contribution is 7.91. The maximum atomic E-state index is 11.4. The van der Waals surface area contributed by atoms with Crippen molar-refractivity contribution in [2.45, 2.75) is 46.1 Å². The summed E-state index contributed by atoms with van der Waals surface area (Å²) < 4.78 is 22.9. The van der Waals surface area contributed by atoms with Crippen molar-refractivity contribution in [1.29, 1.82) is 0 Å². The second-order valence-corrected chi connectivity index (χ2v) is 7.20. The molecule has 0 fully saturated rings. The first kappa shape index (κ1) is 16.0. The van der Waals surface area contributed by atoms with E-state index in [2.05, 4.69) is 10.2 Å². The maximum absolute atomic E-state index is 11.4. The molecule has 0 aliphatic heterocycles. The zero-order valence-electron chi connectivity index (χ0n) is 11.9. The van der Waals surface area contributed by atoms with E-state index in [4.69, 9.17) is 5.73 Å². The molecule has 0 saturated carbocycles. The Hall–Kier alpha value is -1.01. The van der Waals surface area contributed by atoms with Crippen LogP contribution in [-0.2, 0) is 16.3 Å². The van der Waals surface area contributed by atoms with Gasteiger partial charge in [0.15, 0.2) is 0 Å². The average molecular weight is 285 g/mol. The van der Waals surface area contributed by atoms with Gasteiger partial charge in [-0.3, -0.25) is 0 Å². The first-order valence-corrected chi connectivity index (χ1v) is 8.50. The van der Waals surface area contributed by atoms with E-state index in [0.29, 0.717) is 12.8 Å². The molecule has 0 radical (unpaired) electrons. The summed E-state index contributed by atoms with van der Waals surface area (Å²) in [5.74, 6) is 0.397. The molecule has 2 N–H and O–H groups in total. The summed E-state index contributed by atoms with van der Waals surface area (Å²) in [6, 6.07) is 1.78. The van der Waals surface area contributed by atoms with Crippen LogP contribution in [-0.4, -0.2) is 30.1 Å². The number of aryl methyl sites for hydroxylation is 2. The summed E-state index contributed by atoms with van der Waals surface area (Å²) in [6.07, 6.45) is 2.02. The van der Waals surface area contributed by atoms with Gasteiger partial charge in [0, 0.05) is 11.8 Å². The molecule has 1 unspecified atom stereocenters. The lowest BCUT2D eigenvalue weighted by Crippen LogP contribution is -2.17. The van der Waals surface area contributed by atoms with Gasteiger partial charge in [-0.1, -0.05) is 13.8 Å². The molecule has 108 valence electrons. The zero-order valence-corrected chi connectivity index (χ0v) is 12.7. The van der Waals surface area contributed by atoms with Gasteiger partial charge in [0.2, 0.25) is 0 Å². The summed E-state index contributed by atoms with van der Waals surface area (Å²) in [6.45, 7) is 5.56. The zero-order chi connectivity index (χ0) is 14.5. The number of hydrogen-bond donors (Lipinski definition) is 1. The molecule has 1 rings (SSSR count). The van der Waals surface area contributed by atoms with Crippen molar-refractivity contribution in [3.05, 3.63) is 23.0 Å². The standard InChI is InChI=1S/C13H23N3O2S/c1-4-13-11(9-10(3)15-16-13)12(14)7-6-8-19(17,18)5-2/h9,12H,4-8,14H2,1-3H3. The van der Waals surface area contributed by atoms with Crippen LogP contribution in [0.5, 0.6) is 0 Å². The van der Waals surface area contributed by atoms with Crippen LogP contribution in [0.3, 0.4) is 0 Å². The molecule has 1 atom stereocenters. The number of nitrogens with two attached hydrogens (primary N) is 1. The van der Waals surface area contributed by atoms with Gasteiger partial charge < -0.3 is 5.73 Å². The van der Waals surface area contributed by atoms with Gasteiger partial charge in [-0.25, -0.2) is 8.42 Å². The van der Waals surface area contributed by atoms with Crippen LogP contribution in [0.1, 0.15) is 49.7 Å². The van der Waals surface area contributed by atoms with E-state index in [1.54, 1.807) is 6.92 Å². The molecular formula is C13H23N3O2S. The van der Waals surface area contributed by atoms with E-state index in [1.165, 1.54) is 0 Å². The van der Waals surface area contributed by atoms with Crippen LogP contribution in [0.4, 0.5) is 0 Å². The molecule has 0 amide bonds. The van der Waals surface area contributed by atoms with Crippen LogP contribution >= 0.6 is 0 Å². The Balaban J connectivity index is 2.68. The number of rotatable bonds is 7. The minimum absolute atomic E-state index is 0.170. The summed E-state index contributed by atoms with van der Waals surface area (Å²) in [5, 5.41) is 8.17. The number of aromatic nitrogens is 2. The molecule has 6 heteroatoms. The number of nitrogens with zero attached hydrogens (tertiary/aromatic N) is 2. The Morgan fingerprint density at radius 3 is 2.58 bits per heavy atom. The van der Waals surface area contributed by atoms with Crippen molar-refractivity contribution in [2.24, 2.45) is 5.73 Å². The Kier molecular flexibility index (Phi) is 5.87. The molecule has 1 aromatic heterocycles. The minimum atomic E-state index is -2.90. The van der Waals surface area contributed by atoms with Gasteiger partial charge in [-0.2, -0.15) is 10.2 Å². The van der Waals surface area contributed by atoms with Crippen LogP contribution in [0, 0.1) is 6.92 Å². The second-order valence-electron chi connectivity index (χ2n) is 4.73. The molecule has 19 heavy (non-hydrogen) atoms. The van der Waals surface area contributed by atoms with E-state index in [9.17, 15) is 8.42 Å². The van der Waals surface area contributed by atoms with E-state index < -0.39 is 9.84 Å². The van der Waals surface area contributed by atoms with Gasteiger partial charge in [-0.15, -0.1) is 0 Å². The fraction of sp³-hybridized carbons (Fsp3) is 0.692. The van der Waals surface area contributed by atoms with Crippen molar-refractivity contribution in [3.63, 3.8) is 0 Å². The van der Waals surface area contributed by atoms with E-state index >= 15 is 0 Å². The molecule has 1 heterocycles. The van der Waals surface area contributed by atoms with E-state index in [-0.39, 0.29) is 17.5 Å². The Bertz CT molecular complexity index is 515. The fourth-order valence-electron chi connectivity index (χ4n) is 1.95. The predicted molar refractivity (Wildman–Crippen MR) is 76.6 cm³/mol. The molecular weight excluding hydrogens is 262 g/mol. The van der Waals surface area contributed by atoms with Crippen LogP contribution < -0.4 is 5.73 Å². The van der Waals surface area contributed by atoms with Gasteiger partial charge in [-0.05, 0) is 37.8 Å². The first-order chi connectivity index (χ1) is 8.89. The summed E-state index contributed by atoms with van der Waals surface area (Å²) >= 11 is 0. The first-order valence-electron chi connectivity index (χ1n) is 6.68. The monoisotopic (exact) mass is 285 g/mol. The molecule has 5 nitrogen and oxygen atoms in total. The van der Waals surface area contributed by atoms with Gasteiger partial charge in [0.25, 0.3) is 0 Å². The second kappa shape index (κ2) is 6.96. The average Bonchev–Trinajstić information content (AvgIpc) is 2.38. The highest BCUT2D eigenvalue weighted by Gasteiger charge is 2.14. The molecule has 1 aromatic rings. The third-order valence-electron chi connectivity index (χ3n) is 3.17. The number of sulfone groups is 1. The van der Waals surface area contributed by atoms with Crippen molar-refractivity contribution >= 4 is 9.84 Å². The Morgan fingerprint density at radius 1 is 1.32 bits per heavy atom. The quantitative estimate of drug-likeness (QED) is 0.821. The van der Waals surface area contributed by atoms with Crippen molar-refractivity contribution < 1.29 is 8.42 Å². The lowest BCUT2D eigenvalue weighted by molar-refractivity contribution is 0.581. The topological polar surface area (TPSA) is 85.9 Å². The third-order valence-corrected chi connectivity index (χ3v) is 4.96. The molecule has 0 aliphatic carbocycles. The lowest BCUT2D eigenvalue weighted by atomic mass is 10.0. The SMILES string of the molecule is CCc1nnc(C)cc1C(N)CCCS(=O)(=O)CC. The van der Waals surface area contributed by atoms with Crippen LogP contribution in [0.15, 0.2) is 6.07 Å². The highest BCUT2D eigenvalue weighted by atomic mass is 32.2. The van der Waals surface area contributed by atoms with Gasteiger partial charge in [0.05, 0.1) is 17.1 Å². The molecule has 0 aromatic carbocycles. The molecule has 0 aliphatic rings. The molecule has 0 bridgehead atoms. The van der Waals surface area contributed by atoms with Crippen molar-refractivity contribution in [2.75, 3.05) is 11.5 Å². The molecule has 0 spiro atoms. The Morgan fingerprint density at radius 2 is 2.00 bits per heavy atom. The third kappa shape index (κ3) is 4.87. The van der Waals surface area contributed by atoms with Crippen molar-refractivity contribution in [3.8, 4) is 0 Å². The van der Waals surface area contributed by atoms with Crippen molar-refractivity contribution in [1.82, 2.24) is 10.2 Å². The largest absolute Gasteiger partial charge is 0.324 e. The predicted octanol–water partition coefficient (Wildman–Crippen LogP) is 1.56. The van der Waals surface area contributed by atoms with Gasteiger partial charge in [0.1, 0.15) is 9.84 Å². The van der Waals surface area contributed by atoms with E-state index in [1.807, 2.05) is 19.9 Å². The normalized spacial score (nSPS) is 13.5. The summed E-state index contributed by atoms with van der Waals surface area (Å²) in [5.41, 5.74) is 8.87. The molecule has 0 saturated heterocycles. The summed E-state index contributed by atoms with van der Waals surface area (Å²) in [7, 11) is -2.90. The van der Waals surface area contributed by atoms with Crippen LogP contribution in [0.2, 0.25) is 0 Å². The number of hydrogen-bond acceptors (Lipinski definition) is 5. The summed E-state index contributed by atoms with van der Waals surface area (Å²) in [4.78, 5) is 0. The smallest absolute Gasteiger partial charge is 0.150 e. The van der Waals surface area contributed by atoms with Gasteiger partial charge >= 0.3 is 0 Å². The fourth-order valence-corrected chi connectivity index (χ4v) is 2.85. The Labute approximate surface area is 115 Å². The highest BCUT2D eigenvalue weighted by Crippen LogP contribution is 2.20. The van der Waals surface area contributed by atoms with E-state index in [0.717, 1.165) is 23.4 Å². The lowest BCUT2D eigenvalue weighted by Gasteiger charge is -2.15. The minimum Gasteiger partial charge on any atom is -0.324 e. The maximum Gasteiger partial charge on any atom is 0.150 e.